The molecule has 0 bridgehead atoms. The predicted octanol–water partition coefficient (Wildman–Crippen LogP) is 4.89. The Morgan fingerprint density at radius 2 is 1.60 bits per heavy atom. The molecule has 0 heterocycles. The van der Waals surface area contributed by atoms with Crippen molar-refractivity contribution < 1.29 is 0 Å². The van der Waals surface area contributed by atoms with Gasteiger partial charge in [0.05, 0.1) is 0 Å². The summed E-state index contributed by atoms with van der Waals surface area (Å²) in [6.45, 7) is 7.36. The molecule has 0 N–H and O–H groups in total. The average molecular weight is 208 g/mol. The highest BCUT2D eigenvalue weighted by atomic mass is 14.4. The minimum absolute atomic E-state index is 0.915. The van der Waals surface area contributed by atoms with E-state index in [1.807, 2.05) is 0 Å². The predicted molar refractivity (Wildman–Crippen MR) is 66.8 cm³/mol. The van der Waals surface area contributed by atoms with Crippen molar-refractivity contribution in [2.45, 2.75) is 65.7 Å². The topological polar surface area (TPSA) is 0 Å². The number of hydrogen-bond donors (Lipinski definition) is 0. The molecular weight excluding hydrogens is 180 g/mol. The lowest BCUT2D eigenvalue weighted by Gasteiger charge is -2.40. The van der Waals surface area contributed by atoms with Gasteiger partial charge in [0.2, 0.25) is 0 Å². The quantitative estimate of drug-likeness (QED) is 0.606. The van der Waals surface area contributed by atoms with Crippen LogP contribution in [0.3, 0.4) is 0 Å². The van der Waals surface area contributed by atoms with Crippen LogP contribution in [0.15, 0.2) is 0 Å². The summed E-state index contributed by atoms with van der Waals surface area (Å²) in [6.07, 6.45) is 10.7. The van der Waals surface area contributed by atoms with E-state index in [1.54, 1.807) is 12.8 Å². The van der Waals surface area contributed by atoms with Gasteiger partial charge in [0.1, 0.15) is 0 Å². The second-order valence-corrected chi connectivity index (χ2v) is 6.53. The van der Waals surface area contributed by atoms with Gasteiger partial charge in [-0.15, -0.1) is 0 Å². The second kappa shape index (κ2) is 4.89. The lowest BCUT2D eigenvalue weighted by Crippen LogP contribution is -2.32. The SMILES string of the molecule is CC(C)[C@@H]1C[C@@H](C)CC[C@@H]1C1CCCC1. The fourth-order valence-corrected chi connectivity index (χ4v) is 4.19. The monoisotopic (exact) mass is 208 g/mol. The van der Waals surface area contributed by atoms with Crippen molar-refractivity contribution >= 4 is 0 Å². The molecule has 15 heavy (non-hydrogen) atoms. The zero-order valence-electron chi connectivity index (χ0n) is 10.8. The molecule has 0 aromatic rings. The Morgan fingerprint density at radius 3 is 2.20 bits per heavy atom. The summed E-state index contributed by atoms with van der Waals surface area (Å²) in [4.78, 5) is 0. The maximum Gasteiger partial charge on any atom is -0.0355 e. The van der Waals surface area contributed by atoms with Crippen LogP contribution in [0.5, 0.6) is 0 Å². The van der Waals surface area contributed by atoms with Gasteiger partial charge in [0, 0.05) is 0 Å². The Labute approximate surface area is 95.8 Å². The molecule has 0 heteroatoms. The van der Waals surface area contributed by atoms with E-state index in [0.717, 1.165) is 29.6 Å². The van der Waals surface area contributed by atoms with E-state index in [-0.39, 0.29) is 0 Å². The summed E-state index contributed by atoms with van der Waals surface area (Å²) in [5.74, 6) is 5.14. The third-order valence-electron chi connectivity index (χ3n) is 5.08. The first kappa shape index (κ1) is 11.5. The van der Waals surface area contributed by atoms with E-state index in [4.69, 9.17) is 0 Å². The molecule has 88 valence electrons. The Bertz CT molecular complexity index is 188. The fraction of sp³-hybridized carbons (Fsp3) is 1.00. The van der Waals surface area contributed by atoms with Crippen molar-refractivity contribution in [2.24, 2.45) is 29.6 Å². The minimum atomic E-state index is 0.915. The molecular formula is C15H28. The highest BCUT2D eigenvalue weighted by Gasteiger charge is 2.36. The summed E-state index contributed by atoms with van der Waals surface area (Å²) >= 11 is 0. The van der Waals surface area contributed by atoms with E-state index in [1.165, 1.54) is 32.1 Å². The second-order valence-electron chi connectivity index (χ2n) is 6.53. The summed E-state index contributed by atoms with van der Waals surface area (Å²) in [7, 11) is 0. The van der Waals surface area contributed by atoms with Crippen molar-refractivity contribution in [3.05, 3.63) is 0 Å². The van der Waals surface area contributed by atoms with E-state index in [9.17, 15) is 0 Å². The van der Waals surface area contributed by atoms with Crippen LogP contribution in [0, 0.1) is 29.6 Å². The van der Waals surface area contributed by atoms with Crippen LogP contribution < -0.4 is 0 Å². The molecule has 2 fully saturated rings. The van der Waals surface area contributed by atoms with Crippen LogP contribution in [0.2, 0.25) is 0 Å². The van der Waals surface area contributed by atoms with Gasteiger partial charge < -0.3 is 0 Å². The standard InChI is InChI=1S/C15H28/c1-11(2)15-10-12(3)8-9-14(15)13-6-4-5-7-13/h11-15H,4-10H2,1-3H3/t12-,14+,15-/m0/s1. The van der Waals surface area contributed by atoms with Crippen molar-refractivity contribution in [2.75, 3.05) is 0 Å². The Hall–Kier alpha value is 0. The molecule has 2 saturated carbocycles. The van der Waals surface area contributed by atoms with Gasteiger partial charge in [-0.05, 0) is 42.4 Å². The van der Waals surface area contributed by atoms with Crippen LogP contribution in [0.25, 0.3) is 0 Å². The molecule has 3 atom stereocenters. The maximum absolute atomic E-state index is 2.46. The van der Waals surface area contributed by atoms with E-state index < -0.39 is 0 Å². The number of hydrogen-bond acceptors (Lipinski definition) is 0. The molecule has 0 spiro atoms. The molecule has 0 nitrogen and oxygen atoms in total. The molecule has 0 aliphatic heterocycles. The van der Waals surface area contributed by atoms with E-state index in [2.05, 4.69) is 20.8 Å². The third kappa shape index (κ3) is 2.57. The van der Waals surface area contributed by atoms with Crippen LogP contribution in [0.4, 0.5) is 0 Å². The normalized spacial score (nSPS) is 38.8. The van der Waals surface area contributed by atoms with Gasteiger partial charge in [-0.25, -0.2) is 0 Å². The van der Waals surface area contributed by atoms with Gasteiger partial charge in [0.15, 0.2) is 0 Å². The first-order valence-corrected chi connectivity index (χ1v) is 7.18. The average Bonchev–Trinajstić information content (AvgIpc) is 2.70. The molecule has 2 aliphatic carbocycles. The van der Waals surface area contributed by atoms with Gasteiger partial charge in [-0.2, -0.15) is 0 Å². The van der Waals surface area contributed by atoms with Gasteiger partial charge in [-0.3, -0.25) is 0 Å². The van der Waals surface area contributed by atoms with Crippen molar-refractivity contribution in [3.63, 3.8) is 0 Å². The van der Waals surface area contributed by atoms with Crippen molar-refractivity contribution in [3.8, 4) is 0 Å². The molecule has 0 amide bonds. The van der Waals surface area contributed by atoms with E-state index in [0.29, 0.717) is 0 Å². The Balaban J connectivity index is 2.00. The van der Waals surface area contributed by atoms with Gasteiger partial charge >= 0.3 is 0 Å². The van der Waals surface area contributed by atoms with Crippen LogP contribution >= 0.6 is 0 Å². The summed E-state index contributed by atoms with van der Waals surface area (Å²) in [6, 6.07) is 0. The Kier molecular flexibility index (Phi) is 3.74. The fourth-order valence-electron chi connectivity index (χ4n) is 4.19. The highest BCUT2D eigenvalue weighted by molar-refractivity contribution is 4.86. The molecule has 0 aromatic heterocycles. The van der Waals surface area contributed by atoms with Crippen LogP contribution in [-0.4, -0.2) is 0 Å². The van der Waals surface area contributed by atoms with Crippen LogP contribution in [-0.2, 0) is 0 Å². The first-order valence-electron chi connectivity index (χ1n) is 7.18. The third-order valence-corrected chi connectivity index (χ3v) is 5.08. The molecule has 0 saturated heterocycles. The van der Waals surface area contributed by atoms with Crippen molar-refractivity contribution in [1.29, 1.82) is 0 Å². The highest BCUT2D eigenvalue weighted by Crippen LogP contribution is 2.46. The smallest absolute Gasteiger partial charge is 0.0355 e. The maximum atomic E-state index is 2.46. The molecule has 0 aromatic carbocycles. The van der Waals surface area contributed by atoms with Crippen molar-refractivity contribution in [1.82, 2.24) is 0 Å². The molecule has 0 radical (unpaired) electrons. The van der Waals surface area contributed by atoms with Gasteiger partial charge in [0.25, 0.3) is 0 Å². The summed E-state index contributed by atoms with van der Waals surface area (Å²) in [5.41, 5.74) is 0. The zero-order chi connectivity index (χ0) is 10.8. The lowest BCUT2D eigenvalue weighted by atomic mass is 9.65. The van der Waals surface area contributed by atoms with Gasteiger partial charge in [-0.1, -0.05) is 52.9 Å². The minimum Gasteiger partial charge on any atom is -0.0625 e. The molecule has 2 aliphatic rings. The zero-order valence-corrected chi connectivity index (χ0v) is 10.8. The molecule has 2 rings (SSSR count). The van der Waals surface area contributed by atoms with E-state index >= 15 is 0 Å². The summed E-state index contributed by atoms with van der Waals surface area (Å²) in [5, 5.41) is 0. The first-order chi connectivity index (χ1) is 7.18. The largest absolute Gasteiger partial charge is 0.0625 e. The number of rotatable bonds is 2. The lowest BCUT2D eigenvalue weighted by molar-refractivity contribution is 0.0944. The van der Waals surface area contributed by atoms with Crippen LogP contribution in [0.1, 0.15) is 65.7 Å². The molecule has 0 unspecified atom stereocenters. The Morgan fingerprint density at radius 1 is 0.933 bits per heavy atom. The summed E-state index contributed by atoms with van der Waals surface area (Å²) < 4.78 is 0.